The molecular formula is C6H6N4O3. The van der Waals surface area contributed by atoms with Crippen LogP contribution in [0.3, 0.4) is 0 Å². The van der Waals surface area contributed by atoms with Crippen molar-refractivity contribution in [2.75, 3.05) is 18.1 Å². The summed E-state index contributed by atoms with van der Waals surface area (Å²) in [5.41, 5.74) is 0. The molecule has 0 unspecified atom stereocenters. The van der Waals surface area contributed by atoms with E-state index in [1.165, 1.54) is 17.1 Å². The van der Waals surface area contributed by atoms with Crippen molar-refractivity contribution in [2.24, 2.45) is 10.3 Å². The molecule has 0 radical (unpaired) electrons. The minimum atomic E-state index is -0.587. The van der Waals surface area contributed by atoms with E-state index in [0.717, 1.165) is 0 Å². The fraction of sp³-hybridized carbons (Fsp3) is 0.333. The molecule has 1 aliphatic heterocycles. The van der Waals surface area contributed by atoms with E-state index in [-0.39, 0.29) is 5.88 Å². The van der Waals surface area contributed by atoms with Gasteiger partial charge >= 0.3 is 5.88 Å². The van der Waals surface area contributed by atoms with Crippen LogP contribution in [-0.2, 0) is 0 Å². The number of rotatable bonds is 2. The van der Waals surface area contributed by atoms with E-state index >= 15 is 0 Å². The van der Waals surface area contributed by atoms with Crippen LogP contribution >= 0.6 is 0 Å². The summed E-state index contributed by atoms with van der Waals surface area (Å²) in [6.45, 7) is 1.19. The van der Waals surface area contributed by atoms with Gasteiger partial charge in [0, 0.05) is 6.07 Å². The van der Waals surface area contributed by atoms with Crippen molar-refractivity contribution >= 4 is 11.8 Å². The molecule has 0 fully saturated rings. The highest BCUT2D eigenvalue weighted by molar-refractivity contribution is 5.39. The summed E-state index contributed by atoms with van der Waals surface area (Å²) in [5.74, 6) is 0.0741. The molecule has 0 atom stereocenters. The van der Waals surface area contributed by atoms with E-state index in [4.69, 9.17) is 4.42 Å². The lowest BCUT2D eigenvalue weighted by Gasteiger charge is -2.04. The third kappa shape index (κ3) is 1.35. The quantitative estimate of drug-likeness (QED) is 0.510. The molecule has 0 aliphatic carbocycles. The van der Waals surface area contributed by atoms with E-state index in [1.54, 1.807) is 0 Å². The summed E-state index contributed by atoms with van der Waals surface area (Å²) in [5, 5.41) is 19.2. The summed E-state index contributed by atoms with van der Waals surface area (Å²) in [6, 6.07) is 2.80. The maximum absolute atomic E-state index is 10.3. The van der Waals surface area contributed by atoms with Crippen molar-refractivity contribution in [3.05, 3.63) is 22.2 Å². The van der Waals surface area contributed by atoms with Gasteiger partial charge in [0.25, 0.3) is 0 Å². The van der Waals surface area contributed by atoms with Gasteiger partial charge < -0.3 is 4.42 Å². The van der Waals surface area contributed by atoms with Gasteiger partial charge in [-0.2, -0.15) is 5.11 Å². The molecule has 1 aliphatic rings. The highest BCUT2D eigenvalue weighted by atomic mass is 16.6. The van der Waals surface area contributed by atoms with Crippen LogP contribution in [0.5, 0.6) is 0 Å². The zero-order valence-corrected chi connectivity index (χ0v) is 6.58. The van der Waals surface area contributed by atoms with E-state index in [0.29, 0.717) is 19.0 Å². The molecule has 7 heteroatoms. The first kappa shape index (κ1) is 7.71. The van der Waals surface area contributed by atoms with E-state index < -0.39 is 4.92 Å². The zero-order valence-electron chi connectivity index (χ0n) is 6.58. The van der Waals surface area contributed by atoms with Crippen molar-refractivity contribution in [1.29, 1.82) is 0 Å². The number of hydrogen-bond acceptors (Lipinski definition) is 6. The smallest absolute Gasteiger partial charge is 0.383 e. The number of furan rings is 1. The highest BCUT2D eigenvalue weighted by Gasteiger charge is 2.18. The number of hydrogen-bond donors (Lipinski definition) is 0. The Morgan fingerprint density at radius 1 is 1.62 bits per heavy atom. The van der Waals surface area contributed by atoms with Gasteiger partial charge in [0.05, 0.1) is 19.2 Å². The number of anilines is 1. The van der Waals surface area contributed by atoms with Crippen molar-refractivity contribution < 1.29 is 9.34 Å². The molecule has 0 bridgehead atoms. The van der Waals surface area contributed by atoms with Crippen LogP contribution in [0.15, 0.2) is 26.9 Å². The van der Waals surface area contributed by atoms with Gasteiger partial charge in [-0.15, -0.1) is 0 Å². The number of nitrogens with zero attached hydrogens (tertiary/aromatic N) is 4. The Bertz CT molecular complexity index is 359. The molecule has 2 rings (SSSR count). The average molecular weight is 182 g/mol. The Hall–Kier alpha value is -1.92. The van der Waals surface area contributed by atoms with Crippen molar-refractivity contribution in [1.82, 2.24) is 0 Å². The van der Waals surface area contributed by atoms with Crippen LogP contribution in [-0.4, -0.2) is 18.0 Å². The lowest BCUT2D eigenvalue weighted by Crippen LogP contribution is -2.12. The molecule has 0 saturated heterocycles. The van der Waals surface area contributed by atoms with Crippen molar-refractivity contribution in [3.8, 4) is 0 Å². The minimum absolute atomic E-state index is 0.280. The van der Waals surface area contributed by atoms with Gasteiger partial charge in [0.15, 0.2) is 0 Å². The lowest BCUT2D eigenvalue weighted by molar-refractivity contribution is -0.401. The molecule has 2 heterocycles. The third-order valence-corrected chi connectivity index (χ3v) is 1.59. The largest absolute Gasteiger partial charge is 0.434 e. The SMILES string of the molecule is O=[N+]([O-])c1ccc(N2CCN=N2)o1. The Kier molecular flexibility index (Phi) is 1.69. The monoisotopic (exact) mass is 182 g/mol. The number of nitro groups is 1. The molecule has 0 saturated carbocycles. The standard InChI is InChI=1S/C6H6N4O3/c11-10(12)6-2-1-5(13-6)9-4-3-7-8-9/h1-2H,3-4H2. The van der Waals surface area contributed by atoms with Gasteiger partial charge in [0.1, 0.15) is 4.92 Å². The molecule has 7 nitrogen and oxygen atoms in total. The van der Waals surface area contributed by atoms with Crippen LogP contribution in [0, 0.1) is 10.1 Å². The fourth-order valence-electron chi connectivity index (χ4n) is 1.01. The zero-order chi connectivity index (χ0) is 9.26. The second kappa shape index (κ2) is 2.85. The predicted molar refractivity (Wildman–Crippen MR) is 42.4 cm³/mol. The molecule has 1 aromatic heterocycles. The summed E-state index contributed by atoms with van der Waals surface area (Å²) in [4.78, 5) is 9.68. The van der Waals surface area contributed by atoms with Crippen LogP contribution in [0.25, 0.3) is 0 Å². The highest BCUT2D eigenvalue weighted by Crippen LogP contribution is 2.24. The molecule has 0 spiro atoms. The molecule has 1 aromatic rings. The normalized spacial score (nSPS) is 15.2. The van der Waals surface area contributed by atoms with Crippen molar-refractivity contribution in [2.45, 2.75) is 0 Å². The van der Waals surface area contributed by atoms with E-state index in [2.05, 4.69) is 10.3 Å². The second-order valence-corrected chi connectivity index (χ2v) is 2.45. The van der Waals surface area contributed by atoms with E-state index in [9.17, 15) is 10.1 Å². The van der Waals surface area contributed by atoms with Crippen LogP contribution in [0.2, 0.25) is 0 Å². The Balaban J connectivity index is 2.22. The first-order valence-corrected chi connectivity index (χ1v) is 3.66. The van der Waals surface area contributed by atoms with Crippen LogP contribution < -0.4 is 5.01 Å². The minimum Gasteiger partial charge on any atom is -0.383 e. The Morgan fingerprint density at radius 2 is 2.46 bits per heavy atom. The molecule has 0 aromatic carbocycles. The topological polar surface area (TPSA) is 84.2 Å². The first-order valence-electron chi connectivity index (χ1n) is 3.66. The van der Waals surface area contributed by atoms with Gasteiger partial charge in [-0.05, 0) is 0 Å². The van der Waals surface area contributed by atoms with Gasteiger partial charge in [-0.3, -0.25) is 10.1 Å². The molecule has 0 N–H and O–H groups in total. The average Bonchev–Trinajstić information content (AvgIpc) is 2.75. The summed E-state index contributed by atoms with van der Waals surface area (Å²) >= 11 is 0. The van der Waals surface area contributed by atoms with E-state index in [1.807, 2.05) is 0 Å². The third-order valence-electron chi connectivity index (χ3n) is 1.59. The van der Waals surface area contributed by atoms with Gasteiger partial charge in [-0.25, -0.2) is 5.01 Å². The first-order chi connectivity index (χ1) is 6.27. The van der Waals surface area contributed by atoms with Gasteiger partial charge in [0.2, 0.25) is 5.88 Å². The van der Waals surface area contributed by atoms with Gasteiger partial charge in [-0.1, -0.05) is 5.22 Å². The molecule has 68 valence electrons. The second-order valence-electron chi connectivity index (χ2n) is 2.45. The summed E-state index contributed by atoms with van der Waals surface area (Å²) in [7, 11) is 0. The maximum atomic E-state index is 10.3. The summed E-state index contributed by atoms with van der Waals surface area (Å²) < 4.78 is 4.90. The van der Waals surface area contributed by atoms with Crippen LogP contribution in [0.4, 0.5) is 11.8 Å². The Labute approximate surface area is 72.8 Å². The molecular weight excluding hydrogens is 176 g/mol. The van der Waals surface area contributed by atoms with Crippen LogP contribution in [0.1, 0.15) is 0 Å². The lowest BCUT2D eigenvalue weighted by atomic mass is 10.5. The molecule has 13 heavy (non-hydrogen) atoms. The maximum Gasteiger partial charge on any atom is 0.434 e. The molecule has 0 amide bonds. The fourth-order valence-corrected chi connectivity index (χ4v) is 1.01. The van der Waals surface area contributed by atoms with Crippen molar-refractivity contribution in [3.63, 3.8) is 0 Å². The Morgan fingerprint density at radius 3 is 3.00 bits per heavy atom. The predicted octanol–water partition coefficient (Wildman–Crippen LogP) is 1.38. The summed E-state index contributed by atoms with van der Waals surface area (Å²) in [6.07, 6.45) is 0.